The molecule has 21 heavy (non-hydrogen) atoms. The molecule has 1 heterocycles. The molecule has 3 rings (SSSR count). The van der Waals surface area contributed by atoms with Crippen molar-refractivity contribution in [2.24, 2.45) is 0 Å². The van der Waals surface area contributed by atoms with E-state index < -0.39 is 0 Å². The standard InChI is InChI=1S/C18H19FN2/c1-20-11-9-17(14-5-3-2-4-6-14)21-12-10-15-7-8-16(19)13-18(15)21/h2-8,10,12-13,17,20H,9,11H2,1H3. The first kappa shape index (κ1) is 13.8. The van der Waals surface area contributed by atoms with Crippen LogP contribution in [-0.2, 0) is 0 Å². The van der Waals surface area contributed by atoms with Crippen LogP contribution in [-0.4, -0.2) is 18.2 Å². The van der Waals surface area contributed by atoms with Crippen molar-refractivity contribution in [1.82, 2.24) is 9.88 Å². The molecule has 108 valence electrons. The summed E-state index contributed by atoms with van der Waals surface area (Å²) in [6.07, 6.45) is 3.01. The van der Waals surface area contributed by atoms with Gasteiger partial charge in [0.05, 0.1) is 11.6 Å². The van der Waals surface area contributed by atoms with Gasteiger partial charge in [0.1, 0.15) is 5.82 Å². The highest BCUT2D eigenvalue weighted by Gasteiger charge is 2.15. The van der Waals surface area contributed by atoms with Crippen LogP contribution in [0.3, 0.4) is 0 Å². The zero-order chi connectivity index (χ0) is 14.7. The number of nitrogens with zero attached hydrogens (tertiary/aromatic N) is 1. The van der Waals surface area contributed by atoms with Crippen molar-refractivity contribution in [3.05, 3.63) is 72.2 Å². The molecule has 1 N–H and O–H groups in total. The second-order valence-electron chi connectivity index (χ2n) is 5.24. The molecule has 0 radical (unpaired) electrons. The predicted octanol–water partition coefficient (Wildman–Crippen LogP) is 3.98. The number of fused-ring (bicyclic) bond motifs is 1. The SMILES string of the molecule is CNCCC(c1ccccc1)n1ccc2ccc(F)cc21. The molecule has 0 amide bonds. The number of hydrogen-bond acceptors (Lipinski definition) is 1. The largest absolute Gasteiger partial charge is 0.340 e. The van der Waals surface area contributed by atoms with E-state index in [-0.39, 0.29) is 11.9 Å². The van der Waals surface area contributed by atoms with Crippen molar-refractivity contribution >= 4 is 10.9 Å². The zero-order valence-electron chi connectivity index (χ0n) is 12.1. The van der Waals surface area contributed by atoms with E-state index in [4.69, 9.17) is 0 Å². The monoisotopic (exact) mass is 282 g/mol. The molecule has 0 saturated heterocycles. The molecule has 0 bridgehead atoms. The third-order valence-corrected chi connectivity index (χ3v) is 3.87. The van der Waals surface area contributed by atoms with Crippen molar-refractivity contribution in [2.75, 3.05) is 13.6 Å². The normalized spacial score (nSPS) is 12.7. The summed E-state index contributed by atoms with van der Waals surface area (Å²) in [4.78, 5) is 0. The summed E-state index contributed by atoms with van der Waals surface area (Å²) in [6.45, 7) is 0.911. The van der Waals surface area contributed by atoms with Gasteiger partial charge < -0.3 is 9.88 Å². The summed E-state index contributed by atoms with van der Waals surface area (Å²) in [5.41, 5.74) is 2.19. The van der Waals surface area contributed by atoms with E-state index in [0.717, 1.165) is 23.9 Å². The molecule has 0 spiro atoms. The van der Waals surface area contributed by atoms with Gasteiger partial charge in [0.15, 0.2) is 0 Å². The Labute approximate surface area is 124 Å². The Bertz CT molecular complexity index is 718. The minimum absolute atomic E-state index is 0.192. The maximum atomic E-state index is 13.6. The van der Waals surface area contributed by atoms with Crippen LogP contribution in [0.5, 0.6) is 0 Å². The average Bonchev–Trinajstić information content (AvgIpc) is 2.92. The third kappa shape index (κ3) is 2.83. The molecule has 0 aliphatic rings. The topological polar surface area (TPSA) is 17.0 Å². The van der Waals surface area contributed by atoms with Crippen molar-refractivity contribution in [1.29, 1.82) is 0 Å². The molecule has 2 aromatic carbocycles. The van der Waals surface area contributed by atoms with Crippen LogP contribution in [0.15, 0.2) is 60.8 Å². The van der Waals surface area contributed by atoms with Gasteiger partial charge in [0, 0.05) is 6.20 Å². The first-order chi connectivity index (χ1) is 10.3. The summed E-state index contributed by atoms with van der Waals surface area (Å²) in [7, 11) is 1.95. The van der Waals surface area contributed by atoms with E-state index in [9.17, 15) is 4.39 Å². The van der Waals surface area contributed by atoms with E-state index in [2.05, 4.69) is 28.2 Å². The van der Waals surface area contributed by atoms with Gasteiger partial charge in [0.25, 0.3) is 0 Å². The molecule has 1 unspecified atom stereocenters. The first-order valence-corrected chi connectivity index (χ1v) is 7.25. The van der Waals surface area contributed by atoms with Crippen LogP contribution in [0.2, 0.25) is 0 Å². The molecule has 0 fully saturated rings. The molecule has 0 saturated carbocycles. The van der Waals surface area contributed by atoms with E-state index in [1.54, 1.807) is 6.07 Å². The van der Waals surface area contributed by atoms with Crippen LogP contribution in [0, 0.1) is 5.82 Å². The highest BCUT2D eigenvalue weighted by molar-refractivity contribution is 5.80. The van der Waals surface area contributed by atoms with Gasteiger partial charge >= 0.3 is 0 Å². The Morgan fingerprint density at radius 3 is 2.67 bits per heavy atom. The van der Waals surface area contributed by atoms with Crippen molar-refractivity contribution in [3.63, 3.8) is 0 Å². The lowest BCUT2D eigenvalue weighted by atomic mass is 10.0. The second kappa shape index (κ2) is 6.10. The Morgan fingerprint density at radius 2 is 1.90 bits per heavy atom. The molecule has 0 aliphatic heterocycles. The summed E-state index contributed by atoms with van der Waals surface area (Å²) >= 11 is 0. The lowest BCUT2D eigenvalue weighted by molar-refractivity contribution is 0.538. The summed E-state index contributed by atoms with van der Waals surface area (Å²) in [6, 6.07) is 17.6. The van der Waals surface area contributed by atoms with Crippen molar-refractivity contribution < 1.29 is 4.39 Å². The van der Waals surface area contributed by atoms with Gasteiger partial charge in [-0.2, -0.15) is 0 Å². The molecular weight excluding hydrogens is 263 g/mol. The van der Waals surface area contributed by atoms with E-state index >= 15 is 0 Å². The fourth-order valence-corrected chi connectivity index (χ4v) is 2.82. The van der Waals surface area contributed by atoms with Crippen LogP contribution in [0.1, 0.15) is 18.0 Å². The number of benzene rings is 2. The Kier molecular flexibility index (Phi) is 4.02. The fraction of sp³-hybridized carbons (Fsp3) is 0.222. The van der Waals surface area contributed by atoms with E-state index in [1.807, 2.05) is 37.4 Å². The first-order valence-electron chi connectivity index (χ1n) is 7.25. The highest BCUT2D eigenvalue weighted by atomic mass is 19.1. The lowest BCUT2D eigenvalue weighted by Gasteiger charge is -2.21. The Balaban J connectivity index is 2.07. The molecular formula is C18H19FN2. The van der Waals surface area contributed by atoms with Gasteiger partial charge in [-0.05, 0) is 55.2 Å². The van der Waals surface area contributed by atoms with Crippen LogP contribution < -0.4 is 5.32 Å². The quantitative estimate of drug-likeness (QED) is 0.749. The third-order valence-electron chi connectivity index (χ3n) is 3.87. The average molecular weight is 282 g/mol. The van der Waals surface area contributed by atoms with E-state index in [0.29, 0.717) is 0 Å². The van der Waals surface area contributed by atoms with Crippen LogP contribution in [0.4, 0.5) is 4.39 Å². The van der Waals surface area contributed by atoms with Gasteiger partial charge in [-0.15, -0.1) is 0 Å². The number of nitrogens with one attached hydrogen (secondary N) is 1. The minimum atomic E-state index is -0.192. The van der Waals surface area contributed by atoms with E-state index in [1.165, 1.54) is 11.6 Å². The maximum absolute atomic E-state index is 13.6. The fourth-order valence-electron chi connectivity index (χ4n) is 2.82. The Morgan fingerprint density at radius 1 is 1.10 bits per heavy atom. The highest BCUT2D eigenvalue weighted by Crippen LogP contribution is 2.27. The predicted molar refractivity (Wildman–Crippen MR) is 85.0 cm³/mol. The van der Waals surface area contributed by atoms with Gasteiger partial charge in [-0.3, -0.25) is 0 Å². The molecule has 3 heteroatoms. The summed E-state index contributed by atoms with van der Waals surface area (Å²) < 4.78 is 15.8. The molecule has 1 atom stereocenters. The smallest absolute Gasteiger partial charge is 0.125 e. The number of hydrogen-bond donors (Lipinski definition) is 1. The summed E-state index contributed by atoms with van der Waals surface area (Å²) in [5, 5.41) is 4.27. The summed E-state index contributed by atoms with van der Waals surface area (Å²) in [5.74, 6) is -0.192. The van der Waals surface area contributed by atoms with Crippen LogP contribution >= 0.6 is 0 Å². The second-order valence-corrected chi connectivity index (χ2v) is 5.24. The van der Waals surface area contributed by atoms with Crippen LogP contribution in [0.25, 0.3) is 10.9 Å². The molecule has 3 aromatic rings. The lowest BCUT2D eigenvalue weighted by Crippen LogP contribution is -2.17. The van der Waals surface area contributed by atoms with Crippen molar-refractivity contribution in [2.45, 2.75) is 12.5 Å². The zero-order valence-corrected chi connectivity index (χ0v) is 12.1. The number of aromatic nitrogens is 1. The van der Waals surface area contributed by atoms with Crippen molar-refractivity contribution in [3.8, 4) is 0 Å². The maximum Gasteiger partial charge on any atom is 0.125 e. The van der Waals surface area contributed by atoms with Gasteiger partial charge in [-0.1, -0.05) is 30.3 Å². The van der Waals surface area contributed by atoms with Gasteiger partial charge in [0.2, 0.25) is 0 Å². The Hall–Kier alpha value is -2.13. The number of halogens is 1. The molecule has 1 aromatic heterocycles. The molecule has 2 nitrogen and oxygen atoms in total. The molecule has 0 aliphatic carbocycles. The minimum Gasteiger partial charge on any atom is -0.340 e. The van der Waals surface area contributed by atoms with Gasteiger partial charge in [-0.25, -0.2) is 4.39 Å². The number of rotatable bonds is 5.